The summed E-state index contributed by atoms with van der Waals surface area (Å²) in [6.45, 7) is 8.75. The number of carboxylic acids is 1. The number of carbonyl (C=O) groups is 2. The van der Waals surface area contributed by atoms with Crippen LogP contribution in [0.5, 0.6) is 0 Å². The lowest BCUT2D eigenvalue weighted by Crippen LogP contribution is -2.54. The van der Waals surface area contributed by atoms with Gasteiger partial charge in [-0.05, 0) is 34.6 Å². The topological polar surface area (TPSA) is 83.6 Å². The van der Waals surface area contributed by atoms with Crippen molar-refractivity contribution in [1.82, 2.24) is 4.90 Å². The number of amides is 1. The number of hydrogen-bond acceptors (Lipinski definition) is 3. The Morgan fingerprint density at radius 3 is 1.88 bits per heavy atom. The number of nitrogens with zero attached hydrogens (tertiary/aromatic N) is 1. The predicted octanol–water partition coefficient (Wildman–Crippen LogP) is 0.683. The molecule has 0 aromatic heterocycles. The number of carboxylic acid groups (broad SMARTS) is 1. The van der Waals surface area contributed by atoms with Crippen LogP contribution in [0.15, 0.2) is 0 Å². The quantitative estimate of drug-likeness (QED) is 0.744. The van der Waals surface area contributed by atoms with Crippen LogP contribution in [0.1, 0.15) is 34.6 Å². The van der Waals surface area contributed by atoms with Gasteiger partial charge in [-0.1, -0.05) is 0 Å². The predicted molar refractivity (Wildman–Crippen MR) is 61.9 cm³/mol. The van der Waals surface area contributed by atoms with E-state index in [9.17, 15) is 9.59 Å². The minimum absolute atomic E-state index is 0.192. The minimum atomic E-state index is -1.02. The smallest absolute Gasteiger partial charge is 0.323 e. The Balaban J connectivity index is 5.06. The second kappa shape index (κ2) is 4.82. The fraction of sp³-hybridized carbons (Fsp3) is 0.818. The Hall–Kier alpha value is -1.10. The summed E-state index contributed by atoms with van der Waals surface area (Å²) in [6, 6.07) is 0. The molecule has 0 aromatic carbocycles. The molecule has 0 aliphatic heterocycles. The number of rotatable bonds is 4. The SMILES string of the molecule is CC(C)(CN)C(=O)N(CC(=O)O)C(C)(C)C. The van der Waals surface area contributed by atoms with Gasteiger partial charge in [0, 0.05) is 12.1 Å². The molecule has 0 rings (SSSR count). The Kier molecular flexibility index (Phi) is 4.49. The summed E-state index contributed by atoms with van der Waals surface area (Å²) in [5.41, 5.74) is 4.26. The summed E-state index contributed by atoms with van der Waals surface area (Å²) in [5.74, 6) is -1.25. The van der Waals surface area contributed by atoms with E-state index in [-0.39, 0.29) is 19.0 Å². The second-order valence-corrected chi connectivity index (χ2v) is 5.54. The molecule has 0 aliphatic rings. The van der Waals surface area contributed by atoms with Crippen LogP contribution in [0.2, 0.25) is 0 Å². The standard InChI is InChI=1S/C11H22N2O3/c1-10(2,3)13(6-8(14)15)9(16)11(4,5)7-12/h6-7,12H2,1-5H3,(H,14,15). The number of hydrogen-bond donors (Lipinski definition) is 2. The molecule has 3 N–H and O–H groups in total. The molecule has 1 amide bonds. The molecule has 0 radical (unpaired) electrons. The fourth-order valence-corrected chi connectivity index (χ4v) is 1.20. The van der Waals surface area contributed by atoms with Gasteiger partial charge in [-0.25, -0.2) is 0 Å². The van der Waals surface area contributed by atoms with E-state index < -0.39 is 16.9 Å². The van der Waals surface area contributed by atoms with Gasteiger partial charge < -0.3 is 15.7 Å². The van der Waals surface area contributed by atoms with Crippen molar-refractivity contribution in [3.05, 3.63) is 0 Å². The number of carbonyl (C=O) groups excluding carboxylic acids is 1. The van der Waals surface area contributed by atoms with Crippen molar-refractivity contribution in [2.24, 2.45) is 11.1 Å². The summed E-state index contributed by atoms with van der Waals surface area (Å²) in [7, 11) is 0. The second-order valence-electron chi connectivity index (χ2n) is 5.54. The number of aliphatic carboxylic acids is 1. The molecule has 0 bridgehead atoms. The molecule has 0 heterocycles. The van der Waals surface area contributed by atoms with E-state index in [0.717, 1.165) is 0 Å². The van der Waals surface area contributed by atoms with E-state index in [2.05, 4.69) is 0 Å². The zero-order valence-corrected chi connectivity index (χ0v) is 10.7. The van der Waals surface area contributed by atoms with E-state index in [1.807, 2.05) is 0 Å². The largest absolute Gasteiger partial charge is 0.480 e. The third-order valence-electron chi connectivity index (χ3n) is 2.44. The van der Waals surface area contributed by atoms with Gasteiger partial charge in [-0.3, -0.25) is 9.59 Å². The third-order valence-corrected chi connectivity index (χ3v) is 2.44. The molecular weight excluding hydrogens is 208 g/mol. The lowest BCUT2D eigenvalue weighted by Gasteiger charge is -2.39. The van der Waals surface area contributed by atoms with Crippen molar-refractivity contribution in [3.63, 3.8) is 0 Å². The van der Waals surface area contributed by atoms with Crippen molar-refractivity contribution in [1.29, 1.82) is 0 Å². The van der Waals surface area contributed by atoms with Crippen molar-refractivity contribution in [2.75, 3.05) is 13.1 Å². The maximum absolute atomic E-state index is 12.2. The van der Waals surface area contributed by atoms with Gasteiger partial charge in [0.15, 0.2) is 0 Å². The van der Waals surface area contributed by atoms with Crippen molar-refractivity contribution < 1.29 is 14.7 Å². The highest BCUT2D eigenvalue weighted by atomic mass is 16.4. The first-order valence-corrected chi connectivity index (χ1v) is 5.26. The molecule has 0 spiro atoms. The maximum Gasteiger partial charge on any atom is 0.323 e. The Labute approximate surface area is 96.6 Å². The zero-order chi connectivity index (χ0) is 13.1. The highest BCUT2D eigenvalue weighted by Crippen LogP contribution is 2.23. The molecule has 5 nitrogen and oxygen atoms in total. The highest BCUT2D eigenvalue weighted by molar-refractivity contribution is 5.86. The molecule has 0 saturated heterocycles. The van der Waals surface area contributed by atoms with Crippen molar-refractivity contribution in [3.8, 4) is 0 Å². The monoisotopic (exact) mass is 230 g/mol. The molecule has 5 heteroatoms. The van der Waals surface area contributed by atoms with Crippen LogP contribution in [0, 0.1) is 5.41 Å². The van der Waals surface area contributed by atoms with Gasteiger partial charge >= 0.3 is 5.97 Å². The van der Waals surface area contributed by atoms with E-state index in [0.29, 0.717) is 0 Å². The lowest BCUT2D eigenvalue weighted by atomic mass is 9.89. The number of nitrogens with two attached hydrogens (primary N) is 1. The van der Waals surface area contributed by atoms with Crippen molar-refractivity contribution in [2.45, 2.75) is 40.2 Å². The molecule has 94 valence electrons. The van der Waals surface area contributed by atoms with Gasteiger partial charge in [-0.2, -0.15) is 0 Å². The average Bonchev–Trinajstić information content (AvgIpc) is 2.11. The summed E-state index contributed by atoms with van der Waals surface area (Å²) in [5, 5.41) is 8.81. The van der Waals surface area contributed by atoms with Crippen LogP contribution < -0.4 is 5.73 Å². The van der Waals surface area contributed by atoms with E-state index >= 15 is 0 Å². The Bertz CT molecular complexity index is 279. The van der Waals surface area contributed by atoms with Crippen LogP contribution >= 0.6 is 0 Å². The molecule has 16 heavy (non-hydrogen) atoms. The molecule has 0 saturated carbocycles. The van der Waals surface area contributed by atoms with Crippen molar-refractivity contribution >= 4 is 11.9 Å². The average molecular weight is 230 g/mol. The first-order valence-electron chi connectivity index (χ1n) is 5.26. The van der Waals surface area contributed by atoms with Crippen LogP contribution in [0.4, 0.5) is 0 Å². The minimum Gasteiger partial charge on any atom is -0.480 e. The summed E-state index contributed by atoms with van der Waals surface area (Å²) < 4.78 is 0. The summed E-state index contributed by atoms with van der Waals surface area (Å²) in [4.78, 5) is 24.3. The molecular formula is C11H22N2O3. The highest BCUT2D eigenvalue weighted by Gasteiger charge is 2.37. The van der Waals surface area contributed by atoms with Gasteiger partial charge in [0.1, 0.15) is 6.54 Å². The van der Waals surface area contributed by atoms with Crippen LogP contribution in [-0.4, -0.2) is 40.5 Å². The molecule has 0 atom stereocenters. The first kappa shape index (κ1) is 14.9. The van der Waals surface area contributed by atoms with Crippen LogP contribution in [-0.2, 0) is 9.59 Å². The summed E-state index contributed by atoms with van der Waals surface area (Å²) in [6.07, 6.45) is 0. The van der Waals surface area contributed by atoms with E-state index in [4.69, 9.17) is 10.8 Å². The Morgan fingerprint density at radius 2 is 1.62 bits per heavy atom. The lowest BCUT2D eigenvalue weighted by molar-refractivity contribution is -0.153. The zero-order valence-electron chi connectivity index (χ0n) is 10.7. The van der Waals surface area contributed by atoms with Gasteiger partial charge in [-0.15, -0.1) is 0 Å². The van der Waals surface area contributed by atoms with E-state index in [1.54, 1.807) is 34.6 Å². The van der Waals surface area contributed by atoms with Crippen LogP contribution in [0.25, 0.3) is 0 Å². The van der Waals surface area contributed by atoms with Gasteiger partial charge in [0.2, 0.25) is 5.91 Å². The molecule has 0 aliphatic carbocycles. The van der Waals surface area contributed by atoms with Gasteiger partial charge in [0.05, 0.1) is 5.41 Å². The third kappa shape index (κ3) is 3.81. The first-order chi connectivity index (χ1) is 7.02. The van der Waals surface area contributed by atoms with Gasteiger partial charge in [0.25, 0.3) is 0 Å². The van der Waals surface area contributed by atoms with E-state index in [1.165, 1.54) is 4.90 Å². The summed E-state index contributed by atoms with van der Waals surface area (Å²) >= 11 is 0. The maximum atomic E-state index is 12.2. The van der Waals surface area contributed by atoms with Crippen LogP contribution in [0.3, 0.4) is 0 Å². The Morgan fingerprint density at radius 1 is 1.19 bits per heavy atom. The molecule has 0 fully saturated rings. The molecule has 0 aromatic rings. The molecule has 0 unspecified atom stereocenters. The normalized spacial score (nSPS) is 12.4. The fourth-order valence-electron chi connectivity index (χ4n) is 1.20.